The van der Waals surface area contributed by atoms with E-state index in [9.17, 15) is 14.0 Å². The molecule has 0 radical (unpaired) electrons. The molecule has 0 unspecified atom stereocenters. The minimum absolute atomic E-state index is 0.0672. The van der Waals surface area contributed by atoms with Crippen molar-refractivity contribution in [1.82, 2.24) is 4.90 Å². The molecule has 1 aromatic carbocycles. The molecule has 2 N–H and O–H groups in total. The number of amides is 2. The standard InChI is InChI=1S/C14H17FN2O3/c1-14(2)6-3-7-17(14)13(20)16-11-8-9(12(18)19)4-5-10(11)15/h4-5,8H,3,6-7H2,1-2H3,(H,16,20)(H,18,19). The predicted octanol–water partition coefficient (Wildman–Crippen LogP) is 2.93. The van der Waals surface area contributed by atoms with Crippen molar-refractivity contribution in [2.45, 2.75) is 32.2 Å². The van der Waals surface area contributed by atoms with Crippen molar-refractivity contribution in [3.8, 4) is 0 Å². The third-order valence-electron chi connectivity index (χ3n) is 3.60. The Morgan fingerprint density at radius 1 is 1.40 bits per heavy atom. The average molecular weight is 280 g/mol. The van der Waals surface area contributed by atoms with Gasteiger partial charge in [0, 0.05) is 12.1 Å². The van der Waals surface area contributed by atoms with E-state index in [1.807, 2.05) is 13.8 Å². The molecule has 1 aromatic rings. The lowest BCUT2D eigenvalue weighted by Gasteiger charge is -2.31. The number of benzene rings is 1. The molecule has 1 heterocycles. The Hall–Kier alpha value is -2.11. The number of aromatic carboxylic acids is 1. The van der Waals surface area contributed by atoms with Crippen LogP contribution in [0.1, 0.15) is 37.0 Å². The number of urea groups is 1. The molecule has 1 fully saturated rings. The van der Waals surface area contributed by atoms with Crippen LogP contribution in [0.15, 0.2) is 18.2 Å². The van der Waals surface area contributed by atoms with Gasteiger partial charge in [0.15, 0.2) is 0 Å². The average Bonchev–Trinajstić information content (AvgIpc) is 2.71. The number of nitrogens with one attached hydrogen (secondary N) is 1. The van der Waals surface area contributed by atoms with Crippen LogP contribution in [0, 0.1) is 5.82 Å². The van der Waals surface area contributed by atoms with Crippen molar-refractivity contribution in [3.63, 3.8) is 0 Å². The van der Waals surface area contributed by atoms with Gasteiger partial charge >= 0.3 is 12.0 Å². The molecular formula is C14H17FN2O3. The van der Waals surface area contributed by atoms with Crippen molar-refractivity contribution in [3.05, 3.63) is 29.6 Å². The van der Waals surface area contributed by atoms with Gasteiger partial charge in [0.05, 0.1) is 11.3 Å². The molecule has 108 valence electrons. The van der Waals surface area contributed by atoms with Crippen LogP contribution in [-0.4, -0.2) is 34.1 Å². The predicted molar refractivity (Wildman–Crippen MR) is 72.4 cm³/mol. The summed E-state index contributed by atoms with van der Waals surface area (Å²) in [5.41, 5.74) is -0.453. The van der Waals surface area contributed by atoms with Gasteiger partial charge in [-0.1, -0.05) is 0 Å². The molecule has 0 bridgehead atoms. The number of halogens is 1. The number of carboxylic acids is 1. The molecule has 20 heavy (non-hydrogen) atoms. The monoisotopic (exact) mass is 280 g/mol. The second-order valence-corrected chi connectivity index (χ2v) is 5.50. The molecule has 1 saturated heterocycles. The highest BCUT2D eigenvalue weighted by Gasteiger charge is 2.35. The Morgan fingerprint density at radius 3 is 2.65 bits per heavy atom. The van der Waals surface area contributed by atoms with Crippen LogP contribution in [0.25, 0.3) is 0 Å². The first kappa shape index (κ1) is 14.3. The molecule has 6 heteroatoms. The molecule has 0 aromatic heterocycles. The largest absolute Gasteiger partial charge is 0.478 e. The Kier molecular flexibility index (Phi) is 3.65. The minimum atomic E-state index is -1.16. The highest BCUT2D eigenvalue weighted by molar-refractivity contribution is 5.93. The number of likely N-dealkylation sites (tertiary alicyclic amines) is 1. The zero-order valence-corrected chi connectivity index (χ0v) is 11.4. The lowest BCUT2D eigenvalue weighted by atomic mass is 10.0. The van der Waals surface area contributed by atoms with Crippen molar-refractivity contribution in [1.29, 1.82) is 0 Å². The van der Waals surface area contributed by atoms with Gasteiger partial charge in [-0.25, -0.2) is 14.0 Å². The van der Waals surface area contributed by atoms with E-state index in [4.69, 9.17) is 5.11 Å². The first-order chi connectivity index (χ1) is 9.31. The van der Waals surface area contributed by atoms with Crippen LogP contribution in [0.2, 0.25) is 0 Å². The summed E-state index contributed by atoms with van der Waals surface area (Å²) in [4.78, 5) is 24.7. The van der Waals surface area contributed by atoms with Crippen LogP contribution < -0.4 is 5.32 Å². The zero-order valence-electron chi connectivity index (χ0n) is 11.4. The Balaban J connectivity index is 2.19. The van der Waals surface area contributed by atoms with Gasteiger partial charge in [0.1, 0.15) is 5.82 Å². The fourth-order valence-corrected chi connectivity index (χ4v) is 2.42. The second-order valence-electron chi connectivity index (χ2n) is 5.50. The van der Waals surface area contributed by atoms with Crippen LogP contribution in [-0.2, 0) is 0 Å². The quantitative estimate of drug-likeness (QED) is 0.875. The van der Waals surface area contributed by atoms with Gasteiger partial charge in [-0.15, -0.1) is 0 Å². The van der Waals surface area contributed by atoms with Gasteiger partial charge < -0.3 is 15.3 Å². The third-order valence-corrected chi connectivity index (χ3v) is 3.60. The molecule has 0 aliphatic carbocycles. The SMILES string of the molecule is CC1(C)CCCN1C(=O)Nc1cc(C(=O)O)ccc1F. The molecule has 2 rings (SSSR count). The number of rotatable bonds is 2. The van der Waals surface area contributed by atoms with Crippen molar-refractivity contribution in [2.24, 2.45) is 0 Å². The van der Waals surface area contributed by atoms with E-state index in [2.05, 4.69) is 5.32 Å². The van der Waals surface area contributed by atoms with Gasteiger partial charge in [0.2, 0.25) is 0 Å². The summed E-state index contributed by atoms with van der Waals surface area (Å²) in [6.07, 6.45) is 1.79. The Morgan fingerprint density at radius 2 is 2.10 bits per heavy atom. The molecule has 2 amide bonds. The summed E-state index contributed by atoms with van der Waals surface area (Å²) < 4.78 is 13.6. The highest BCUT2D eigenvalue weighted by Crippen LogP contribution is 2.29. The fraction of sp³-hybridized carbons (Fsp3) is 0.429. The van der Waals surface area contributed by atoms with Crippen molar-refractivity contribution < 1.29 is 19.1 Å². The first-order valence-electron chi connectivity index (χ1n) is 6.43. The number of carbonyl (C=O) groups excluding carboxylic acids is 1. The number of carboxylic acid groups (broad SMARTS) is 1. The maximum absolute atomic E-state index is 13.6. The van der Waals surface area contributed by atoms with E-state index in [0.29, 0.717) is 6.54 Å². The zero-order chi connectivity index (χ0) is 14.9. The van der Waals surface area contributed by atoms with E-state index in [1.165, 1.54) is 0 Å². The van der Waals surface area contributed by atoms with Crippen LogP contribution in [0.4, 0.5) is 14.9 Å². The van der Waals surface area contributed by atoms with Gasteiger partial charge in [-0.3, -0.25) is 0 Å². The van der Waals surface area contributed by atoms with E-state index >= 15 is 0 Å². The number of hydrogen-bond donors (Lipinski definition) is 2. The van der Waals surface area contributed by atoms with Crippen LogP contribution in [0.3, 0.4) is 0 Å². The molecule has 1 aliphatic rings. The van der Waals surface area contributed by atoms with Crippen molar-refractivity contribution >= 4 is 17.7 Å². The summed E-state index contributed by atoms with van der Waals surface area (Å²) in [5, 5.41) is 11.3. The van der Waals surface area contributed by atoms with Gasteiger partial charge in [0.25, 0.3) is 0 Å². The minimum Gasteiger partial charge on any atom is -0.478 e. The molecular weight excluding hydrogens is 263 g/mol. The Labute approximate surface area is 116 Å². The number of nitrogens with zero attached hydrogens (tertiary/aromatic N) is 1. The molecule has 5 nitrogen and oxygen atoms in total. The lowest BCUT2D eigenvalue weighted by Crippen LogP contribution is -2.45. The number of anilines is 1. The van der Waals surface area contributed by atoms with Crippen LogP contribution in [0.5, 0.6) is 0 Å². The Bertz CT molecular complexity index is 557. The smallest absolute Gasteiger partial charge is 0.335 e. The first-order valence-corrected chi connectivity index (χ1v) is 6.43. The fourth-order valence-electron chi connectivity index (χ4n) is 2.42. The molecule has 1 aliphatic heterocycles. The lowest BCUT2D eigenvalue weighted by molar-refractivity contribution is 0.0696. The molecule has 0 spiro atoms. The topological polar surface area (TPSA) is 69.6 Å². The number of hydrogen-bond acceptors (Lipinski definition) is 2. The third kappa shape index (κ3) is 2.74. The normalized spacial score (nSPS) is 17.1. The highest BCUT2D eigenvalue weighted by atomic mass is 19.1. The van der Waals surface area contributed by atoms with E-state index in [-0.39, 0.29) is 16.8 Å². The summed E-state index contributed by atoms with van der Waals surface area (Å²) in [7, 11) is 0. The summed E-state index contributed by atoms with van der Waals surface area (Å²) in [5.74, 6) is -1.82. The maximum Gasteiger partial charge on any atom is 0.335 e. The van der Waals surface area contributed by atoms with Crippen LogP contribution >= 0.6 is 0 Å². The number of carbonyl (C=O) groups is 2. The molecule has 0 atom stereocenters. The van der Waals surface area contributed by atoms with Gasteiger partial charge in [-0.2, -0.15) is 0 Å². The van der Waals surface area contributed by atoms with E-state index < -0.39 is 17.8 Å². The maximum atomic E-state index is 13.6. The molecule has 0 saturated carbocycles. The summed E-state index contributed by atoms with van der Waals surface area (Å²) in [6, 6.07) is 2.91. The second kappa shape index (κ2) is 5.11. The van der Waals surface area contributed by atoms with E-state index in [0.717, 1.165) is 31.0 Å². The van der Waals surface area contributed by atoms with Crippen molar-refractivity contribution in [2.75, 3.05) is 11.9 Å². The summed E-state index contributed by atoms with van der Waals surface area (Å²) in [6.45, 7) is 4.51. The van der Waals surface area contributed by atoms with Gasteiger partial charge in [-0.05, 0) is 44.9 Å². The summed E-state index contributed by atoms with van der Waals surface area (Å²) >= 11 is 0. The van der Waals surface area contributed by atoms with E-state index in [1.54, 1.807) is 4.90 Å².